The minimum absolute atomic E-state index is 0.00843. The van der Waals surface area contributed by atoms with Crippen molar-refractivity contribution in [3.05, 3.63) is 11.6 Å². The molecule has 0 aromatic carbocycles. The maximum atomic E-state index is 12.7. The van der Waals surface area contributed by atoms with Crippen LogP contribution in [0.5, 0.6) is 0 Å². The first-order valence-corrected chi connectivity index (χ1v) is 14.4. The summed E-state index contributed by atoms with van der Waals surface area (Å²) in [6.07, 6.45) is 12.8. The van der Waals surface area contributed by atoms with E-state index >= 15 is 0 Å². The van der Waals surface area contributed by atoms with Gasteiger partial charge in [0.05, 0.1) is 5.41 Å². The van der Waals surface area contributed by atoms with E-state index in [1.54, 1.807) is 6.92 Å². The van der Waals surface area contributed by atoms with Crippen molar-refractivity contribution in [1.29, 1.82) is 0 Å². The molecule has 0 spiro atoms. The Labute approximate surface area is 212 Å². The number of carbonyl (C=O) groups excluding carboxylic acids is 1. The van der Waals surface area contributed by atoms with Crippen LogP contribution in [-0.2, 0) is 14.3 Å². The zero-order valence-electron chi connectivity index (χ0n) is 23.2. The molecule has 1 N–H and O–H groups in total. The molecule has 0 aromatic heterocycles. The summed E-state index contributed by atoms with van der Waals surface area (Å²) in [5, 5.41) is 10.4. The normalized spacial score (nSPS) is 50.5. The molecule has 5 aliphatic carbocycles. The Balaban J connectivity index is 1.52. The number of carboxylic acids is 1. The van der Waals surface area contributed by atoms with Gasteiger partial charge in [-0.3, -0.25) is 9.59 Å². The summed E-state index contributed by atoms with van der Waals surface area (Å²) in [7, 11) is 0. The molecule has 5 aliphatic rings. The molecular weight excluding hydrogens is 436 g/mol. The van der Waals surface area contributed by atoms with Gasteiger partial charge >= 0.3 is 11.9 Å². The lowest BCUT2D eigenvalue weighted by molar-refractivity contribution is -0.233. The maximum Gasteiger partial charge on any atom is 0.313 e. The van der Waals surface area contributed by atoms with E-state index < -0.39 is 11.4 Å². The average Bonchev–Trinajstić information content (AvgIpc) is 2.76. The maximum absolute atomic E-state index is 12.7. The van der Waals surface area contributed by atoms with E-state index in [-0.39, 0.29) is 33.7 Å². The fraction of sp³-hybridized carbons (Fsp3) is 0.871. The van der Waals surface area contributed by atoms with Crippen molar-refractivity contribution in [3.8, 4) is 0 Å². The SMILES string of the molecule is CC(=O)O[C@@H]1CC[C@]2(C)[C@H]3CC[C@@H]4C5=C[C@H](C)CC[C@]5(C(=O)O)CC[C@@]4(C)[C@]3(C)CC[C@H]2C1(C)C. The van der Waals surface area contributed by atoms with Crippen molar-refractivity contribution in [1.82, 2.24) is 0 Å². The fourth-order valence-corrected chi connectivity index (χ4v) is 11.0. The van der Waals surface area contributed by atoms with Crippen LogP contribution in [0.4, 0.5) is 0 Å². The second-order valence-corrected chi connectivity index (χ2v) is 14.6. The van der Waals surface area contributed by atoms with Gasteiger partial charge in [0.2, 0.25) is 0 Å². The highest BCUT2D eigenvalue weighted by atomic mass is 16.5. The zero-order chi connectivity index (χ0) is 25.6. The number of carboxylic acid groups (broad SMARTS) is 1. The largest absolute Gasteiger partial charge is 0.481 e. The van der Waals surface area contributed by atoms with Crippen molar-refractivity contribution in [2.24, 2.45) is 50.7 Å². The lowest BCUT2D eigenvalue weighted by Crippen LogP contribution is -2.66. The monoisotopic (exact) mass is 484 g/mol. The summed E-state index contributed by atoms with van der Waals surface area (Å²) in [5.74, 6) is 1.32. The average molecular weight is 485 g/mol. The van der Waals surface area contributed by atoms with Gasteiger partial charge in [0.1, 0.15) is 6.10 Å². The van der Waals surface area contributed by atoms with Gasteiger partial charge in [-0.1, -0.05) is 53.2 Å². The van der Waals surface area contributed by atoms with Gasteiger partial charge < -0.3 is 9.84 Å². The van der Waals surface area contributed by atoms with Gasteiger partial charge in [0, 0.05) is 12.3 Å². The first-order chi connectivity index (χ1) is 16.2. The zero-order valence-corrected chi connectivity index (χ0v) is 23.2. The number of carbonyl (C=O) groups is 2. The lowest BCUT2D eigenvalue weighted by Gasteiger charge is -2.72. The molecule has 4 nitrogen and oxygen atoms in total. The number of fused-ring (bicyclic) bond motifs is 7. The number of ether oxygens (including phenoxy) is 1. The number of hydrogen-bond donors (Lipinski definition) is 1. The molecule has 0 saturated heterocycles. The molecule has 9 atom stereocenters. The summed E-state index contributed by atoms with van der Waals surface area (Å²) in [4.78, 5) is 24.6. The van der Waals surface area contributed by atoms with Gasteiger partial charge in [0.25, 0.3) is 0 Å². The Morgan fingerprint density at radius 2 is 1.57 bits per heavy atom. The van der Waals surface area contributed by atoms with Gasteiger partial charge in [-0.25, -0.2) is 0 Å². The third-order valence-electron chi connectivity index (χ3n) is 13.0. The molecule has 0 heterocycles. The molecule has 196 valence electrons. The van der Waals surface area contributed by atoms with Gasteiger partial charge in [-0.2, -0.15) is 0 Å². The lowest BCUT2D eigenvalue weighted by atomic mass is 9.32. The smallest absolute Gasteiger partial charge is 0.313 e. The number of allylic oxidation sites excluding steroid dienone is 1. The minimum atomic E-state index is -0.620. The van der Waals surface area contributed by atoms with Gasteiger partial charge in [-0.05, 0) is 104 Å². The van der Waals surface area contributed by atoms with Crippen LogP contribution in [0, 0.1) is 50.7 Å². The number of rotatable bonds is 2. The highest BCUT2D eigenvalue weighted by molar-refractivity contribution is 5.79. The molecule has 35 heavy (non-hydrogen) atoms. The molecular formula is C31H48O4. The van der Waals surface area contributed by atoms with E-state index in [0.717, 1.165) is 44.9 Å². The topological polar surface area (TPSA) is 63.6 Å². The van der Waals surface area contributed by atoms with Crippen molar-refractivity contribution in [2.75, 3.05) is 0 Å². The number of hydrogen-bond acceptors (Lipinski definition) is 3. The molecule has 4 fully saturated rings. The Morgan fingerprint density at radius 3 is 2.23 bits per heavy atom. The molecule has 0 bridgehead atoms. The number of aliphatic carboxylic acids is 1. The second-order valence-electron chi connectivity index (χ2n) is 14.6. The molecule has 0 radical (unpaired) electrons. The summed E-state index contributed by atoms with van der Waals surface area (Å²) < 4.78 is 5.87. The highest BCUT2D eigenvalue weighted by Gasteiger charge is 2.69. The van der Waals surface area contributed by atoms with Crippen molar-refractivity contribution >= 4 is 11.9 Å². The molecule has 0 amide bonds. The third-order valence-corrected chi connectivity index (χ3v) is 13.0. The van der Waals surface area contributed by atoms with Crippen LogP contribution in [-0.4, -0.2) is 23.1 Å². The molecule has 4 saturated carbocycles. The third kappa shape index (κ3) is 3.22. The molecule has 5 rings (SSSR count). The van der Waals surface area contributed by atoms with Gasteiger partial charge in [-0.15, -0.1) is 0 Å². The molecule has 4 heteroatoms. The summed E-state index contributed by atoms with van der Waals surface area (Å²) in [6, 6.07) is 0. The standard InChI is InChI=1S/C31H48O4/c1-19-10-15-31(26(33)34)17-16-29(6)21(22(31)18-19)8-9-24-28(5)13-12-25(35-20(2)32)27(3,4)23(28)11-14-30(24,29)7/h18-19,21,23-25H,8-17H2,1-7H3,(H,33,34)/t19-,21-,23+,24-,25-,28+,29-,30-,31+/m1/s1. The van der Waals surface area contributed by atoms with Crippen LogP contribution in [0.15, 0.2) is 11.6 Å². The summed E-state index contributed by atoms with van der Waals surface area (Å²) in [5.41, 5.74) is 1.23. The van der Waals surface area contributed by atoms with Crippen LogP contribution in [0.3, 0.4) is 0 Å². The summed E-state index contributed by atoms with van der Waals surface area (Å²) >= 11 is 0. The minimum Gasteiger partial charge on any atom is -0.481 e. The van der Waals surface area contributed by atoms with E-state index in [4.69, 9.17) is 4.74 Å². The Morgan fingerprint density at radius 1 is 0.857 bits per heavy atom. The van der Waals surface area contributed by atoms with Crippen LogP contribution >= 0.6 is 0 Å². The highest BCUT2D eigenvalue weighted by Crippen LogP contribution is 2.76. The van der Waals surface area contributed by atoms with Crippen molar-refractivity contribution in [2.45, 2.75) is 119 Å². The second kappa shape index (κ2) is 7.84. The van der Waals surface area contributed by atoms with E-state index in [2.05, 4.69) is 47.6 Å². The predicted octanol–water partition coefficient (Wildman–Crippen LogP) is 7.41. The van der Waals surface area contributed by atoms with Crippen LogP contribution in [0.1, 0.15) is 113 Å². The Hall–Kier alpha value is -1.32. The van der Waals surface area contributed by atoms with Crippen LogP contribution in [0.2, 0.25) is 0 Å². The van der Waals surface area contributed by atoms with Crippen LogP contribution < -0.4 is 0 Å². The molecule has 0 aliphatic heterocycles. The first kappa shape index (κ1) is 25.3. The summed E-state index contributed by atoms with van der Waals surface area (Å²) in [6.45, 7) is 16.2. The quantitative estimate of drug-likeness (QED) is 0.327. The first-order valence-electron chi connectivity index (χ1n) is 14.4. The Bertz CT molecular complexity index is 950. The Kier molecular flexibility index (Phi) is 5.67. The van der Waals surface area contributed by atoms with Crippen LogP contribution in [0.25, 0.3) is 0 Å². The van der Waals surface area contributed by atoms with Crippen molar-refractivity contribution < 1.29 is 19.4 Å². The number of esters is 1. The molecule has 0 aromatic rings. The van der Waals surface area contributed by atoms with E-state index in [9.17, 15) is 14.7 Å². The predicted molar refractivity (Wildman–Crippen MR) is 138 cm³/mol. The molecule has 0 unspecified atom stereocenters. The fourth-order valence-electron chi connectivity index (χ4n) is 11.0. The van der Waals surface area contributed by atoms with E-state index in [0.29, 0.717) is 23.7 Å². The van der Waals surface area contributed by atoms with E-state index in [1.165, 1.54) is 24.8 Å². The van der Waals surface area contributed by atoms with E-state index in [1.807, 2.05) is 0 Å². The van der Waals surface area contributed by atoms with Crippen molar-refractivity contribution in [3.63, 3.8) is 0 Å². The van der Waals surface area contributed by atoms with Gasteiger partial charge in [0.15, 0.2) is 0 Å².